The number of benzene rings is 1. The topological polar surface area (TPSA) is 146 Å². The van der Waals surface area contributed by atoms with E-state index in [0.717, 1.165) is 24.2 Å². The molecule has 0 bridgehead atoms. The summed E-state index contributed by atoms with van der Waals surface area (Å²) in [7, 11) is 1.60. The van der Waals surface area contributed by atoms with Crippen molar-refractivity contribution in [2.75, 3.05) is 13.7 Å². The van der Waals surface area contributed by atoms with Crippen molar-refractivity contribution in [3.05, 3.63) is 53.1 Å². The van der Waals surface area contributed by atoms with E-state index in [0.29, 0.717) is 49.2 Å². The molecule has 2 aliphatic rings. The quantitative estimate of drug-likeness (QED) is 0.412. The second-order valence-electron chi connectivity index (χ2n) is 8.62. The van der Waals surface area contributed by atoms with Crippen LogP contribution in [0.2, 0.25) is 0 Å². The maximum atomic E-state index is 12.7. The number of quaternary nitrogens is 1. The van der Waals surface area contributed by atoms with E-state index in [2.05, 4.69) is 25.9 Å². The number of carbonyl (C=O) groups is 2. The lowest BCUT2D eigenvalue weighted by Crippen LogP contribution is -2.95. The molecular weight excluding hydrogens is 438 g/mol. The summed E-state index contributed by atoms with van der Waals surface area (Å²) in [4.78, 5) is 32.6. The van der Waals surface area contributed by atoms with Crippen molar-refractivity contribution in [3.8, 4) is 5.75 Å². The molecule has 1 amide bonds. The van der Waals surface area contributed by atoms with Crippen molar-refractivity contribution >= 4 is 17.7 Å². The number of nitrogens with two attached hydrogens (primary N) is 1. The van der Waals surface area contributed by atoms with Crippen molar-refractivity contribution < 1.29 is 24.9 Å². The number of aromatic nitrogens is 2. The third-order valence-corrected chi connectivity index (χ3v) is 6.13. The predicted molar refractivity (Wildman–Crippen MR) is 122 cm³/mol. The number of ether oxygens (including phenoxy) is 1. The minimum Gasteiger partial charge on any atom is -0.497 e. The highest BCUT2D eigenvalue weighted by atomic mass is 16.5. The average molecular weight is 469 g/mol. The van der Waals surface area contributed by atoms with Gasteiger partial charge in [-0.25, -0.2) is 9.97 Å². The maximum Gasteiger partial charge on any atom is 0.306 e. The fraction of sp³-hybridized carbons (Fsp3) is 0.435. The number of methoxy groups -OCH3 is 1. The normalized spacial score (nSPS) is 20.1. The lowest BCUT2D eigenvalue weighted by atomic mass is 9.82. The standard InChI is InChI=1S/C23H29N7O4/c1-14-25-19(11-20(26-14)22(31)24-12-16-4-3-5-18(10-16)34-2)21-27-29-30(28-21)13-15-6-8-17(9-7-15)23(32)33/h3-5,10-11,15,17,29H,6-9,12-13H2,1-2H3,(H,24,31)(H,27,28)(H,32,33)/p+1. The van der Waals surface area contributed by atoms with Gasteiger partial charge in [0.2, 0.25) is 0 Å². The first-order valence-corrected chi connectivity index (χ1v) is 11.4. The first-order valence-electron chi connectivity index (χ1n) is 11.4. The average Bonchev–Trinajstić information content (AvgIpc) is 3.31. The summed E-state index contributed by atoms with van der Waals surface area (Å²) >= 11 is 0. The van der Waals surface area contributed by atoms with Gasteiger partial charge in [0.1, 0.15) is 17.3 Å². The van der Waals surface area contributed by atoms with Crippen LogP contribution in [0.1, 0.15) is 53.3 Å². The Balaban J connectivity index is 1.37. The number of aryl methyl sites for hydroxylation is 1. The molecule has 0 spiro atoms. The van der Waals surface area contributed by atoms with Gasteiger partial charge in [0.05, 0.1) is 19.6 Å². The van der Waals surface area contributed by atoms with E-state index in [1.807, 2.05) is 24.3 Å². The largest absolute Gasteiger partial charge is 0.497 e. The highest BCUT2D eigenvalue weighted by Gasteiger charge is 2.30. The fourth-order valence-electron chi connectivity index (χ4n) is 4.25. The number of hydrazone groups is 1. The molecule has 0 radical (unpaired) electrons. The van der Waals surface area contributed by atoms with Crippen molar-refractivity contribution in [2.45, 2.75) is 39.2 Å². The van der Waals surface area contributed by atoms with Gasteiger partial charge in [0, 0.05) is 12.6 Å². The molecule has 2 heterocycles. The molecule has 1 aliphatic carbocycles. The summed E-state index contributed by atoms with van der Waals surface area (Å²) < 4.78 is 5.22. The third-order valence-electron chi connectivity index (χ3n) is 6.13. The van der Waals surface area contributed by atoms with E-state index in [1.54, 1.807) is 30.6 Å². The Labute approximate surface area is 197 Å². The van der Waals surface area contributed by atoms with Gasteiger partial charge in [-0.15, -0.1) is 0 Å². The molecular formula is C23H30N7O4+. The van der Waals surface area contributed by atoms with E-state index in [9.17, 15) is 14.7 Å². The predicted octanol–water partition coefficient (Wildman–Crippen LogP) is 0.575. The lowest BCUT2D eigenvalue weighted by Gasteiger charge is -2.27. The Bertz CT molecular complexity index is 1080. The molecule has 11 heteroatoms. The van der Waals surface area contributed by atoms with Crippen molar-refractivity contribution in [1.29, 1.82) is 0 Å². The van der Waals surface area contributed by atoms with Gasteiger partial charge in [-0.05, 0) is 56.2 Å². The minimum atomic E-state index is -0.700. The molecule has 11 nitrogen and oxygen atoms in total. The first-order chi connectivity index (χ1) is 16.4. The monoisotopic (exact) mass is 468 g/mol. The molecule has 0 saturated heterocycles. The highest BCUT2D eigenvalue weighted by Crippen LogP contribution is 2.29. The molecule has 0 unspecified atom stereocenters. The van der Waals surface area contributed by atoms with Crippen LogP contribution in [0.3, 0.4) is 0 Å². The number of carboxylic acids is 1. The van der Waals surface area contributed by atoms with E-state index < -0.39 is 5.97 Å². The zero-order chi connectivity index (χ0) is 24.1. The zero-order valence-electron chi connectivity index (χ0n) is 19.3. The zero-order valence-corrected chi connectivity index (χ0v) is 19.3. The van der Waals surface area contributed by atoms with Crippen LogP contribution >= 0.6 is 0 Å². The number of nitrogens with zero attached hydrogens (tertiary/aromatic N) is 4. The van der Waals surface area contributed by atoms with Crippen LogP contribution in [0.25, 0.3) is 0 Å². The Morgan fingerprint density at radius 2 is 2.03 bits per heavy atom. The SMILES string of the molecule is COc1cccc(CNC(=O)c2cc(C3=NN(CC4CCC(C(=O)O)CC4)N[NH2+]3)nc(C)n2)c1. The molecule has 1 aromatic carbocycles. The number of aliphatic carboxylic acids is 1. The summed E-state index contributed by atoms with van der Waals surface area (Å²) in [6.07, 6.45) is 3.13. The van der Waals surface area contributed by atoms with Crippen LogP contribution in [0.15, 0.2) is 35.4 Å². The number of rotatable bonds is 8. The van der Waals surface area contributed by atoms with Crippen LogP contribution in [0, 0.1) is 18.8 Å². The number of amides is 1. The van der Waals surface area contributed by atoms with Crippen LogP contribution < -0.4 is 21.0 Å². The number of hydrogen-bond acceptors (Lipinski definition) is 8. The minimum absolute atomic E-state index is 0.231. The van der Waals surface area contributed by atoms with Crippen molar-refractivity contribution in [1.82, 2.24) is 25.9 Å². The summed E-state index contributed by atoms with van der Waals surface area (Å²) in [5.41, 5.74) is 6.63. The van der Waals surface area contributed by atoms with Gasteiger partial charge < -0.3 is 15.2 Å². The van der Waals surface area contributed by atoms with Gasteiger partial charge >= 0.3 is 5.97 Å². The summed E-state index contributed by atoms with van der Waals surface area (Å²) in [6, 6.07) is 9.14. The molecule has 1 saturated carbocycles. The van der Waals surface area contributed by atoms with Crippen LogP contribution in [0.5, 0.6) is 5.75 Å². The Hall–Kier alpha value is -3.57. The number of hydrazine groups is 1. The Morgan fingerprint density at radius 1 is 1.24 bits per heavy atom. The first kappa shape index (κ1) is 23.6. The molecule has 180 valence electrons. The number of nitrogens with one attached hydrogen (secondary N) is 2. The highest BCUT2D eigenvalue weighted by molar-refractivity contribution is 5.96. The van der Waals surface area contributed by atoms with Gasteiger partial charge in [0.15, 0.2) is 5.69 Å². The molecule has 4 rings (SSSR count). The lowest BCUT2D eigenvalue weighted by molar-refractivity contribution is -0.619. The Kier molecular flexibility index (Phi) is 7.33. The summed E-state index contributed by atoms with van der Waals surface area (Å²) in [5.74, 6) is 0.975. The number of carbonyl (C=O) groups excluding carboxylic acids is 1. The molecule has 1 aromatic heterocycles. The fourth-order valence-corrected chi connectivity index (χ4v) is 4.25. The molecule has 1 aliphatic heterocycles. The molecule has 0 atom stereocenters. The molecule has 2 aromatic rings. The van der Waals surface area contributed by atoms with E-state index in [1.165, 1.54) is 0 Å². The van der Waals surface area contributed by atoms with Crippen molar-refractivity contribution in [3.63, 3.8) is 0 Å². The van der Waals surface area contributed by atoms with Gasteiger partial charge in [-0.3, -0.25) is 9.59 Å². The van der Waals surface area contributed by atoms with Gasteiger partial charge in [0.25, 0.3) is 11.7 Å². The number of amidine groups is 1. The van der Waals surface area contributed by atoms with Crippen molar-refractivity contribution in [2.24, 2.45) is 16.9 Å². The maximum absolute atomic E-state index is 12.7. The summed E-state index contributed by atoms with van der Waals surface area (Å²) in [6.45, 7) is 2.77. The van der Waals surface area contributed by atoms with E-state index >= 15 is 0 Å². The molecule has 1 fully saturated rings. The van der Waals surface area contributed by atoms with Crippen LogP contribution in [-0.4, -0.2) is 51.6 Å². The molecule has 34 heavy (non-hydrogen) atoms. The third kappa shape index (κ3) is 5.86. The smallest absolute Gasteiger partial charge is 0.306 e. The summed E-state index contributed by atoms with van der Waals surface area (Å²) in [5, 5.41) is 18.4. The number of carboxylic acid groups (broad SMARTS) is 1. The van der Waals surface area contributed by atoms with Crippen LogP contribution in [-0.2, 0) is 11.3 Å². The Morgan fingerprint density at radius 3 is 2.76 bits per heavy atom. The molecule has 5 N–H and O–H groups in total. The van der Waals surface area contributed by atoms with E-state index in [4.69, 9.17) is 4.74 Å². The van der Waals surface area contributed by atoms with Crippen LogP contribution in [0.4, 0.5) is 0 Å². The second kappa shape index (κ2) is 10.6. The van der Waals surface area contributed by atoms with E-state index in [-0.39, 0.29) is 17.5 Å². The van der Waals surface area contributed by atoms with Gasteiger partial charge in [-0.1, -0.05) is 22.8 Å². The number of hydrogen-bond donors (Lipinski definition) is 4. The second-order valence-corrected chi connectivity index (χ2v) is 8.62. The van der Waals surface area contributed by atoms with Gasteiger partial charge in [-0.2, -0.15) is 10.5 Å².